The lowest BCUT2D eigenvalue weighted by atomic mass is 9.84. The van der Waals surface area contributed by atoms with Gasteiger partial charge in [-0.2, -0.15) is 0 Å². The van der Waals surface area contributed by atoms with Gasteiger partial charge in [0.1, 0.15) is 12.2 Å². The zero-order valence-electron chi connectivity index (χ0n) is 23.3. The van der Waals surface area contributed by atoms with Gasteiger partial charge < -0.3 is 33.6 Å². The number of unbranched alkanes of at least 4 members (excludes halogenated alkanes) is 4. The van der Waals surface area contributed by atoms with Crippen molar-refractivity contribution in [2.45, 2.75) is 134 Å². The molecule has 0 aromatic carbocycles. The molecular formula is C25H48O9Si. The molecule has 10 heteroatoms. The molecule has 206 valence electrons. The van der Waals surface area contributed by atoms with E-state index in [1.807, 2.05) is 0 Å². The molecule has 1 aliphatic rings. The van der Waals surface area contributed by atoms with Crippen LogP contribution in [0.25, 0.3) is 0 Å². The van der Waals surface area contributed by atoms with E-state index < -0.39 is 56.1 Å². The fourth-order valence-electron chi connectivity index (χ4n) is 4.03. The van der Waals surface area contributed by atoms with Gasteiger partial charge in [0.2, 0.25) is 5.60 Å². The van der Waals surface area contributed by atoms with E-state index >= 15 is 0 Å². The maximum absolute atomic E-state index is 12.8. The molecule has 1 saturated heterocycles. The lowest BCUT2D eigenvalue weighted by Gasteiger charge is -2.43. The van der Waals surface area contributed by atoms with Gasteiger partial charge in [0.15, 0.2) is 20.2 Å². The number of rotatable bonds is 13. The predicted molar refractivity (Wildman–Crippen MR) is 134 cm³/mol. The number of hydrogen-bond donors (Lipinski definition) is 2. The van der Waals surface area contributed by atoms with Crippen molar-refractivity contribution in [2.75, 3.05) is 14.2 Å². The molecule has 1 heterocycles. The van der Waals surface area contributed by atoms with Crippen LogP contribution in [0.3, 0.4) is 0 Å². The van der Waals surface area contributed by atoms with Crippen LogP contribution in [0.1, 0.15) is 80.1 Å². The average molecular weight is 521 g/mol. The molecular weight excluding hydrogens is 472 g/mol. The number of methoxy groups -OCH3 is 2. The second kappa shape index (κ2) is 12.5. The first-order valence-electron chi connectivity index (χ1n) is 12.6. The van der Waals surface area contributed by atoms with Crippen molar-refractivity contribution in [3.8, 4) is 0 Å². The van der Waals surface area contributed by atoms with Crippen LogP contribution in [0.5, 0.6) is 0 Å². The van der Waals surface area contributed by atoms with Crippen molar-refractivity contribution in [1.29, 1.82) is 0 Å². The maximum atomic E-state index is 12.8. The Bertz CT molecular complexity index is 704. The number of carbonyl (C=O) groups excluding carboxylic acids is 2. The Balaban J connectivity index is 3.48. The van der Waals surface area contributed by atoms with Crippen molar-refractivity contribution < 1.29 is 43.2 Å². The molecule has 9 nitrogen and oxygen atoms in total. The largest absolute Gasteiger partial charge is 0.467 e. The molecule has 1 aliphatic heterocycles. The van der Waals surface area contributed by atoms with Gasteiger partial charge in [0.25, 0.3) is 0 Å². The summed E-state index contributed by atoms with van der Waals surface area (Å²) in [6.45, 7) is 16.0. The summed E-state index contributed by atoms with van der Waals surface area (Å²) in [6, 6.07) is 0. The molecule has 5 atom stereocenters. The monoisotopic (exact) mass is 520 g/mol. The molecule has 5 unspecified atom stereocenters. The molecule has 35 heavy (non-hydrogen) atoms. The van der Waals surface area contributed by atoms with E-state index in [9.17, 15) is 19.8 Å². The van der Waals surface area contributed by atoms with Crippen LogP contribution in [0.2, 0.25) is 18.1 Å². The van der Waals surface area contributed by atoms with Crippen LogP contribution in [0, 0.1) is 0 Å². The summed E-state index contributed by atoms with van der Waals surface area (Å²) in [5, 5.41) is 22.1. The first kappa shape index (κ1) is 32.0. The zero-order chi connectivity index (χ0) is 27.2. The molecule has 0 saturated carbocycles. The number of hydrogen-bond acceptors (Lipinski definition) is 9. The molecule has 0 aromatic heterocycles. The van der Waals surface area contributed by atoms with E-state index in [-0.39, 0.29) is 5.04 Å². The normalized spacial score (nSPS) is 23.9. The van der Waals surface area contributed by atoms with Crippen LogP contribution in [0.4, 0.5) is 0 Å². The van der Waals surface area contributed by atoms with E-state index in [4.69, 9.17) is 18.6 Å². The molecule has 0 aliphatic carbocycles. The molecule has 2 N–H and O–H groups in total. The summed E-state index contributed by atoms with van der Waals surface area (Å²) >= 11 is 0. The van der Waals surface area contributed by atoms with Crippen molar-refractivity contribution >= 4 is 20.3 Å². The standard InChI is InChI=1S/C25H48O9Si/c1-11-12-13-14-15-16-17(34-35(9,10)23(2,3)4)18-20(33-24(5,6)32-18)25(29,22(28)31-8)19(26)21(27)30-7/h17-20,26,29H,11-16H2,1-10H3. The quantitative estimate of drug-likeness (QED) is 0.213. The van der Waals surface area contributed by atoms with Crippen molar-refractivity contribution in [3.05, 3.63) is 0 Å². The summed E-state index contributed by atoms with van der Waals surface area (Å²) in [7, 11) is -0.213. The number of aliphatic hydroxyl groups excluding tert-OH is 1. The van der Waals surface area contributed by atoms with Gasteiger partial charge in [-0.15, -0.1) is 0 Å². The number of esters is 2. The topological polar surface area (TPSA) is 121 Å². The van der Waals surface area contributed by atoms with Gasteiger partial charge in [-0.05, 0) is 38.4 Å². The lowest BCUT2D eigenvalue weighted by molar-refractivity contribution is -0.217. The van der Waals surface area contributed by atoms with E-state index in [0.717, 1.165) is 46.3 Å². The highest BCUT2D eigenvalue weighted by Gasteiger charge is 2.64. The lowest BCUT2D eigenvalue weighted by Crippen LogP contribution is -2.66. The summed E-state index contributed by atoms with van der Waals surface area (Å²) in [5.41, 5.74) is -2.77. The second-order valence-electron chi connectivity index (χ2n) is 11.4. The summed E-state index contributed by atoms with van der Waals surface area (Å²) in [6.07, 6.45) is 0.612. The van der Waals surface area contributed by atoms with E-state index in [0.29, 0.717) is 6.42 Å². The molecule has 1 fully saturated rings. The third-order valence-electron chi connectivity index (χ3n) is 7.13. The Morgan fingerprint density at radius 3 is 2.09 bits per heavy atom. The van der Waals surface area contributed by atoms with Crippen LogP contribution < -0.4 is 0 Å². The van der Waals surface area contributed by atoms with E-state index in [1.165, 1.54) is 0 Å². The van der Waals surface area contributed by atoms with Crippen molar-refractivity contribution in [1.82, 2.24) is 0 Å². The van der Waals surface area contributed by atoms with Gasteiger partial charge in [-0.1, -0.05) is 59.8 Å². The molecule has 0 bridgehead atoms. The molecule has 0 amide bonds. The molecule has 0 spiro atoms. The van der Waals surface area contributed by atoms with E-state index in [2.05, 4.69) is 45.5 Å². The van der Waals surface area contributed by atoms with Gasteiger partial charge >= 0.3 is 11.9 Å². The fraction of sp³-hybridized carbons (Fsp3) is 0.920. The first-order chi connectivity index (χ1) is 16.0. The predicted octanol–water partition coefficient (Wildman–Crippen LogP) is 3.70. The van der Waals surface area contributed by atoms with Gasteiger partial charge in [-0.3, -0.25) is 0 Å². The van der Waals surface area contributed by atoms with Crippen LogP contribution >= 0.6 is 0 Å². The Kier molecular flexibility index (Phi) is 11.4. The maximum Gasteiger partial charge on any atom is 0.344 e. The van der Waals surface area contributed by atoms with Crippen LogP contribution in [-0.4, -0.2) is 80.5 Å². The van der Waals surface area contributed by atoms with Gasteiger partial charge in [0.05, 0.1) is 20.3 Å². The Hall–Kier alpha value is -1.04. The number of carbonyl (C=O) groups is 2. The zero-order valence-corrected chi connectivity index (χ0v) is 24.3. The molecule has 0 aromatic rings. The van der Waals surface area contributed by atoms with Crippen LogP contribution in [0.15, 0.2) is 0 Å². The van der Waals surface area contributed by atoms with E-state index in [1.54, 1.807) is 13.8 Å². The summed E-state index contributed by atoms with van der Waals surface area (Å²) in [4.78, 5) is 25.1. The minimum absolute atomic E-state index is 0.109. The highest BCUT2D eigenvalue weighted by atomic mass is 28.4. The Morgan fingerprint density at radius 2 is 1.60 bits per heavy atom. The van der Waals surface area contributed by atoms with Crippen molar-refractivity contribution in [3.63, 3.8) is 0 Å². The summed E-state index contributed by atoms with van der Waals surface area (Å²) in [5.74, 6) is -3.63. The number of aliphatic hydroxyl groups is 2. The van der Waals surface area contributed by atoms with Crippen LogP contribution in [-0.2, 0) is 33.0 Å². The molecule has 1 rings (SSSR count). The minimum Gasteiger partial charge on any atom is -0.467 e. The third kappa shape index (κ3) is 7.72. The smallest absolute Gasteiger partial charge is 0.344 e. The first-order valence-corrected chi connectivity index (χ1v) is 15.5. The Labute approximate surface area is 211 Å². The summed E-state index contributed by atoms with van der Waals surface area (Å²) < 4.78 is 28.4. The Morgan fingerprint density at radius 1 is 1.03 bits per heavy atom. The third-order valence-corrected chi connectivity index (χ3v) is 11.6. The second-order valence-corrected chi connectivity index (χ2v) is 16.1. The highest BCUT2D eigenvalue weighted by Crippen LogP contribution is 2.43. The van der Waals surface area contributed by atoms with Crippen molar-refractivity contribution in [2.24, 2.45) is 0 Å². The average Bonchev–Trinajstić information content (AvgIpc) is 3.10. The fourth-order valence-corrected chi connectivity index (χ4v) is 5.40. The van der Waals surface area contributed by atoms with Gasteiger partial charge in [0, 0.05) is 0 Å². The molecule has 0 radical (unpaired) electrons. The number of ether oxygens (including phenoxy) is 4. The van der Waals surface area contributed by atoms with Gasteiger partial charge in [-0.25, -0.2) is 9.59 Å². The minimum atomic E-state index is -2.77. The highest BCUT2D eigenvalue weighted by molar-refractivity contribution is 6.74. The SMILES string of the molecule is CCCCCCCC(O[Si](C)(C)C(C)(C)C)C1OC(C)(C)OC1C(O)(C(=O)OC)C(O)C(=O)OC.